The Morgan fingerprint density at radius 1 is 1.24 bits per heavy atom. The van der Waals surface area contributed by atoms with Crippen LogP contribution in [0.1, 0.15) is 34.4 Å². The molecule has 0 radical (unpaired) electrons. The minimum Gasteiger partial charge on any atom is -0.496 e. The molecule has 0 aliphatic carbocycles. The lowest BCUT2D eigenvalue weighted by molar-refractivity contribution is 0.101. The molecule has 0 aliphatic heterocycles. The fourth-order valence-electron chi connectivity index (χ4n) is 2.02. The highest BCUT2D eigenvalue weighted by Gasteiger charge is 2.09. The van der Waals surface area contributed by atoms with E-state index in [0.29, 0.717) is 11.3 Å². The molecule has 0 saturated carbocycles. The second-order valence-electron chi connectivity index (χ2n) is 4.77. The summed E-state index contributed by atoms with van der Waals surface area (Å²) in [6.07, 6.45) is 0. The highest BCUT2D eigenvalue weighted by atomic mass is 32.2. The topological polar surface area (TPSA) is 52.1 Å². The van der Waals surface area contributed by atoms with Gasteiger partial charge in [-0.1, -0.05) is 0 Å². The van der Waals surface area contributed by atoms with Gasteiger partial charge in [-0.05, 0) is 45.0 Å². The van der Waals surface area contributed by atoms with Gasteiger partial charge in [0.2, 0.25) is 0 Å². The summed E-state index contributed by atoms with van der Waals surface area (Å²) in [6.45, 7) is 5.40. The number of nitrogens with zero attached hydrogens (tertiary/aromatic N) is 2. The summed E-state index contributed by atoms with van der Waals surface area (Å²) >= 11 is 1.61. The molecule has 4 nitrogen and oxygen atoms in total. The molecule has 0 unspecified atom stereocenters. The van der Waals surface area contributed by atoms with Gasteiger partial charge in [0.25, 0.3) is 0 Å². The van der Waals surface area contributed by atoms with Crippen LogP contribution in [0.15, 0.2) is 29.3 Å². The molecular formula is C16H18N2O2S. The number of Topliss-reactive ketones (excluding diaryl/α,β-unsaturated/α-hetero) is 1. The van der Waals surface area contributed by atoms with E-state index in [1.54, 1.807) is 31.9 Å². The average Bonchev–Trinajstić information content (AvgIpc) is 2.43. The third-order valence-electron chi connectivity index (χ3n) is 3.00. The van der Waals surface area contributed by atoms with Crippen molar-refractivity contribution in [1.82, 2.24) is 9.97 Å². The summed E-state index contributed by atoms with van der Waals surface area (Å²) in [5.41, 5.74) is 2.64. The molecule has 0 saturated heterocycles. The van der Waals surface area contributed by atoms with Crippen LogP contribution < -0.4 is 4.74 Å². The van der Waals surface area contributed by atoms with Gasteiger partial charge in [0, 0.05) is 22.6 Å². The van der Waals surface area contributed by atoms with Gasteiger partial charge in [-0.3, -0.25) is 4.79 Å². The monoisotopic (exact) mass is 302 g/mol. The standard InChI is InChI=1S/C16H18N2O2S/c1-10-7-16(18-12(3)17-10)21-9-14-8-13(11(2)19)5-6-15(14)20-4/h5-8H,9H2,1-4H3. The maximum Gasteiger partial charge on any atom is 0.159 e. The Bertz CT molecular complexity index is 651. The molecule has 1 heterocycles. The SMILES string of the molecule is COc1ccc(C(C)=O)cc1CSc1cc(C)nc(C)n1. The van der Waals surface area contributed by atoms with E-state index in [-0.39, 0.29) is 5.78 Å². The van der Waals surface area contributed by atoms with Crippen LogP contribution in [-0.4, -0.2) is 22.9 Å². The lowest BCUT2D eigenvalue weighted by Gasteiger charge is -2.10. The predicted octanol–water partition coefficient (Wildman–Crippen LogP) is 3.60. The largest absolute Gasteiger partial charge is 0.496 e. The molecule has 0 amide bonds. The molecule has 21 heavy (non-hydrogen) atoms. The second kappa shape index (κ2) is 6.72. The normalized spacial score (nSPS) is 10.5. The number of ether oxygens (including phenoxy) is 1. The molecule has 2 aromatic rings. The fourth-order valence-corrected chi connectivity index (χ4v) is 3.00. The van der Waals surface area contributed by atoms with Gasteiger partial charge < -0.3 is 4.74 Å². The van der Waals surface area contributed by atoms with Crippen molar-refractivity contribution >= 4 is 17.5 Å². The van der Waals surface area contributed by atoms with E-state index in [1.807, 2.05) is 32.0 Å². The summed E-state index contributed by atoms with van der Waals surface area (Å²) in [6, 6.07) is 7.46. The zero-order chi connectivity index (χ0) is 15.4. The summed E-state index contributed by atoms with van der Waals surface area (Å²) < 4.78 is 5.36. The minimum absolute atomic E-state index is 0.0534. The molecule has 1 aromatic carbocycles. The van der Waals surface area contributed by atoms with E-state index in [0.717, 1.165) is 27.9 Å². The van der Waals surface area contributed by atoms with Gasteiger partial charge in [0.05, 0.1) is 7.11 Å². The lowest BCUT2D eigenvalue weighted by atomic mass is 10.1. The van der Waals surface area contributed by atoms with Crippen molar-refractivity contribution in [3.8, 4) is 5.75 Å². The zero-order valence-electron chi connectivity index (χ0n) is 12.6. The molecule has 0 N–H and O–H groups in total. The number of aryl methyl sites for hydroxylation is 2. The number of rotatable bonds is 5. The highest BCUT2D eigenvalue weighted by molar-refractivity contribution is 7.98. The molecule has 0 fully saturated rings. The van der Waals surface area contributed by atoms with Gasteiger partial charge in [-0.15, -0.1) is 11.8 Å². The predicted molar refractivity (Wildman–Crippen MR) is 84.1 cm³/mol. The zero-order valence-corrected chi connectivity index (χ0v) is 13.5. The first kappa shape index (κ1) is 15.5. The Balaban J connectivity index is 2.21. The number of ketones is 1. The van der Waals surface area contributed by atoms with Crippen LogP contribution in [0.2, 0.25) is 0 Å². The first-order valence-electron chi connectivity index (χ1n) is 6.62. The Morgan fingerprint density at radius 3 is 2.62 bits per heavy atom. The molecule has 1 aromatic heterocycles. The van der Waals surface area contributed by atoms with Gasteiger partial charge in [-0.25, -0.2) is 9.97 Å². The summed E-state index contributed by atoms with van der Waals surface area (Å²) in [5, 5.41) is 0.926. The van der Waals surface area contributed by atoms with Crippen molar-refractivity contribution < 1.29 is 9.53 Å². The molecule has 0 atom stereocenters. The summed E-state index contributed by atoms with van der Waals surface area (Å²) in [5.74, 6) is 2.30. The number of carbonyl (C=O) groups excluding carboxylic acids is 1. The van der Waals surface area contributed by atoms with Crippen LogP contribution in [0, 0.1) is 13.8 Å². The average molecular weight is 302 g/mol. The van der Waals surface area contributed by atoms with Gasteiger partial charge in [0.15, 0.2) is 5.78 Å². The fraction of sp³-hybridized carbons (Fsp3) is 0.312. The van der Waals surface area contributed by atoms with Crippen molar-refractivity contribution in [3.63, 3.8) is 0 Å². The quantitative estimate of drug-likeness (QED) is 0.480. The number of carbonyl (C=O) groups is 1. The number of hydrogen-bond donors (Lipinski definition) is 0. The number of benzene rings is 1. The van der Waals surface area contributed by atoms with Crippen LogP contribution in [0.4, 0.5) is 0 Å². The third kappa shape index (κ3) is 4.04. The van der Waals surface area contributed by atoms with Gasteiger partial charge >= 0.3 is 0 Å². The lowest BCUT2D eigenvalue weighted by Crippen LogP contribution is -1.97. The van der Waals surface area contributed by atoms with Gasteiger partial charge in [0.1, 0.15) is 16.6 Å². The van der Waals surface area contributed by atoms with Crippen LogP contribution in [0.5, 0.6) is 5.75 Å². The summed E-state index contributed by atoms with van der Waals surface area (Å²) in [7, 11) is 1.63. The van der Waals surface area contributed by atoms with Crippen molar-refractivity contribution in [2.45, 2.75) is 31.6 Å². The van der Waals surface area contributed by atoms with E-state index in [4.69, 9.17) is 4.74 Å². The number of aromatic nitrogens is 2. The van der Waals surface area contributed by atoms with Crippen molar-refractivity contribution in [2.24, 2.45) is 0 Å². The smallest absolute Gasteiger partial charge is 0.159 e. The minimum atomic E-state index is 0.0534. The van der Waals surface area contributed by atoms with Crippen LogP contribution >= 0.6 is 11.8 Å². The van der Waals surface area contributed by atoms with Crippen LogP contribution in [0.3, 0.4) is 0 Å². The van der Waals surface area contributed by atoms with Crippen molar-refractivity contribution in [1.29, 1.82) is 0 Å². The summed E-state index contributed by atoms with van der Waals surface area (Å²) in [4.78, 5) is 20.2. The van der Waals surface area contributed by atoms with Gasteiger partial charge in [-0.2, -0.15) is 0 Å². The maximum atomic E-state index is 11.5. The van der Waals surface area contributed by atoms with E-state index >= 15 is 0 Å². The number of thioether (sulfide) groups is 1. The molecule has 110 valence electrons. The first-order valence-corrected chi connectivity index (χ1v) is 7.61. The van der Waals surface area contributed by atoms with Crippen LogP contribution in [0.25, 0.3) is 0 Å². The molecular weight excluding hydrogens is 284 g/mol. The van der Waals surface area contributed by atoms with Crippen molar-refractivity contribution in [3.05, 3.63) is 46.9 Å². The first-order chi connectivity index (χ1) is 9.99. The molecule has 0 bridgehead atoms. The molecule has 2 rings (SSSR count). The molecule has 5 heteroatoms. The highest BCUT2D eigenvalue weighted by Crippen LogP contribution is 2.28. The van der Waals surface area contributed by atoms with Crippen LogP contribution in [-0.2, 0) is 5.75 Å². The number of methoxy groups -OCH3 is 1. The Morgan fingerprint density at radius 2 is 2.00 bits per heavy atom. The van der Waals surface area contributed by atoms with E-state index < -0.39 is 0 Å². The van der Waals surface area contributed by atoms with E-state index in [2.05, 4.69) is 9.97 Å². The Labute approximate surface area is 129 Å². The third-order valence-corrected chi connectivity index (χ3v) is 3.97. The molecule has 0 spiro atoms. The van der Waals surface area contributed by atoms with Crippen molar-refractivity contribution in [2.75, 3.05) is 7.11 Å². The van der Waals surface area contributed by atoms with E-state index in [1.165, 1.54) is 0 Å². The van der Waals surface area contributed by atoms with E-state index in [9.17, 15) is 4.79 Å². The molecule has 0 aliphatic rings. The number of hydrogen-bond acceptors (Lipinski definition) is 5. The second-order valence-corrected chi connectivity index (χ2v) is 5.76. The maximum absolute atomic E-state index is 11.5. The Hall–Kier alpha value is -1.88. The Kier molecular flexibility index (Phi) is 4.96.